The molecule has 0 aliphatic carbocycles. The molecule has 0 unspecified atom stereocenters. The van der Waals surface area contributed by atoms with Gasteiger partial charge in [0.15, 0.2) is 0 Å². The molecule has 24 heavy (non-hydrogen) atoms. The highest BCUT2D eigenvalue weighted by Gasteiger charge is 2.09. The van der Waals surface area contributed by atoms with Gasteiger partial charge in [0.2, 0.25) is 0 Å². The molecule has 0 radical (unpaired) electrons. The maximum absolute atomic E-state index is 11.0. The number of carbonyl (C=O) groups is 1. The molecular weight excluding hydrogens is 296 g/mol. The van der Waals surface area contributed by atoms with Gasteiger partial charge in [0.1, 0.15) is 0 Å². The van der Waals surface area contributed by atoms with E-state index in [9.17, 15) is 4.79 Å². The van der Waals surface area contributed by atoms with E-state index in [0.717, 1.165) is 6.42 Å². The summed E-state index contributed by atoms with van der Waals surface area (Å²) in [5.74, 6) is -0.0930. The van der Waals surface area contributed by atoms with Gasteiger partial charge in [-0.05, 0) is 19.3 Å². The van der Waals surface area contributed by atoms with Crippen LogP contribution in [0.4, 0.5) is 0 Å². The first-order valence-corrected chi connectivity index (χ1v) is 10.5. The van der Waals surface area contributed by atoms with E-state index in [1.54, 1.807) is 6.92 Å². The predicted octanol–water partition coefficient (Wildman–Crippen LogP) is 7.52. The van der Waals surface area contributed by atoms with Crippen LogP contribution in [0.1, 0.15) is 117 Å². The van der Waals surface area contributed by atoms with E-state index < -0.39 is 5.97 Å². The van der Waals surface area contributed by atoms with Crippen molar-refractivity contribution in [2.24, 2.45) is 5.92 Å². The van der Waals surface area contributed by atoms with Crippen molar-refractivity contribution >= 4 is 5.97 Å². The number of aliphatic carboxylic acids is 1. The number of hydrogen-bond donors (Lipinski definition) is 1. The SMILES string of the molecule is CCCCCCCCC(CC=C(C)C(=O)O)CCCCCCCC. The molecule has 0 aromatic heterocycles. The monoisotopic (exact) mass is 338 g/mol. The van der Waals surface area contributed by atoms with Crippen molar-refractivity contribution in [3.05, 3.63) is 11.6 Å². The number of rotatable bonds is 17. The van der Waals surface area contributed by atoms with Gasteiger partial charge in [-0.2, -0.15) is 0 Å². The van der Waals surface area contributed by atoms with E-state index in [2.05, 4.69) is 13.8 Å². The number of carboxylic acid groups (broad SMARTS) is 1. The van der Waals surface area contributed by atoms with Crippen LogP contribution in [0.15, 0.2) is 11.6 Å². The lowest BCUT2D eigenvalue weighted by atomic mass is 9.91. The molecule has 0 saturated carbocycles. The molecule has 0 aromatic carbocycles. The van der Waals surface area contributed by atoms with E-state index in [0.29, 0.717) is 11.5 Å². The van der Waals surface area contributed by atoms with Crippen LogP contribution in [0.25, 0.3) is 0 Å². The fourth-order valence-electron chi connectivity index (χ4n) is 3.24. The molecule has 0 spiro atoms. The lowest BCUT2D eigenvalue weighted by Crippen LogP contribution is -2.02. The summed E-state index contributed by atoms with van der Waals surface area (Å²) in [6.07, 6.45) is 21.5. The van der Waals surface area contributed by atoms with Crippen molar-refractivity contribution in [1.29, 1.82) is 0 Å². The second-order valence-corrected chi connectivity index (χ2v) is 7.41. The maximum atomic E-state index is 11.0. The van der Waals surface area contributed by atoms with E-state index >= 15 is 0 Å². The average Bonchev–Trinajstić information content (AvgIpc) is 2.57. The van der Waals surface area contributed by atoms with Crippen LogP contribution >= 0.6 is 0 Å². The first kappa shape index (κ1) is 23.2. The molecule has 2 nitrogen and oxygen atoms in total. The maximum Gasteiger partial charge on any atom is 0.330 e. The summed E-state index contributed by atoms with van der Waals surface area (Å²) in [5.41, 5.74) is 0.505. The predicted molar refractivity (Wildman–Crippen MR) is 105 cm³/mol. The Hall–Kier alpha value is -0.790. The molecule has 0 rings (SSSR count). The van der Waals surface area contributed by atoms with Crippen LogP contribution in [0.5, 0.6) is 0 Å². The molecule has 0 aliphatic heterocycles. The molecule has 1 N–H and O–H groups in total. The number of unbranched alkanes of at least 4 members (excludes halogenated alkanes) is 10. The Morgan fingerprint density at radius 2 is 1.21 bits per heavy atom. The Bertz CT molecular complexity index is 304. The summed E-state index contributed by atoms with van der Waals surface area (Å²) in [4.78, 5) is 11.0. The zero-order valence-corrected chi connectivity index (χ0v) is 16.6. The molecule has 0 saturated heterocycles. The second-order valence-electron chi connectivity index (χ2n) is 7.41. The highest BCUT2D eigenvalue weighted by Crippen LogP contribution is 2.23. The first-order valence-electron chi connectivity index (χ1n) is 10.5. The summed E-state index contributed by atoms with van der Waals surface area (Å²) in [5, 5.41) is 9.02. The molecule has 0 heterocycles. The minimum atomic E-state index is -0.770. The topological polar surface area (TPSA) is 37.3 Å². The van der Waals surface area contributed by atoms with Gasteiger partial charge in [-0.25, -0.2) is 4.79 Å². The van der Waals surface area contributed by atoms with E-state index in [1.807, 2.05) is 6.08 Å². The molecule has 0 aromatic rings. The number of carboxylic acids is 1. The lowest BCUT2D eigenvalue weighted by molar-refractivity contribution is -0.132. The Morgan fingerprint density at radius 3 is 1.62 bits per heavy atom. The first-order chi connectivity index (χ1) is 11.6. The molecule has 0 aliphatic rings. The minimum absolute atomic E-state index is 0.505. The fraction of sp³-hybridized carbons (Fsp3) is 0.864. The van der Waals surface area contributed by atoms with E-state index in [4.69, 9.17) is 5.11 Å². The number of hydrogen-bond acceptors (Lipinski definition) is 1. The summed E-state index contributed by atoms with van der Waals surface area (Å²) >= 11 is 0. The van der Waals surface area contributed by atoms with Gasteiger partial charge in [-0.15, -0.1) is 0 Å². The van der Waals surface area contributed by atoms with Gasteiger partial charge < -0.3 is 5.11 Å². The van der Waals surface area contributed by atoms with Crippen LogP contribution in [-0.4, -0.2) is 11.1 Å². The van der Waals surface area contributed by atoms with Crippen LogP contribution in [0, 0.1) is 5.92 Å². The second kappa shape index (κ2) is 17.0. The van der Waals surface area contributed by atoms with Crippen LogP contribution in [0.2, 0.25) is 0 Å². The fourth-order valence-corrected chi connectivity index (χ4v) is 3.24. The normalized spacial score (nSPS) is 12.1. The Morgan fingerprint density at radius 1 is 0.792 bits per heavy atom. The Balaban J connectivity index is 4.04. The van der Waals surface area contributed by atoms with Gasteiger partial charge in [0, 0.05) is 5.57 Å². The largest absolute Gasteiger partial charge is 0.478 e. The van der Waals surface area contributed by atoms with Crippen molar-refractivity contribution in [2.45, 2.75) is 117 Å². The van der Waals surface area contributed by atoms with Gasteiger partial charge in [-0.1, -0.05) is 110 Å². The van der Waals surface area contributed by atoms with Gasteiger partial charge in [0.25, 0.3) is 0 Å². The van der Waals surface area contributed by atoms with Crippen molar-refractivity contribution in [2.75, 3.05) is 0 Å². The zero-order valence-electron chi connectivity index (χ0n) is 16.6. The van der Waals surface area contributed by atoms with Crippen molar-refractivity contribution in [1.82, 2.24) is 0 Å². The number of allylic oxidation sites excluding steroid dienone is 1. The van der Waals surface area contributed by atoms with Crippen molar-refractivity contribution < 1.29 is 9.90 Å². The third-order valence-electron chi connectivity index (χ3n) is 5.03. The lowest BCUT2D eigenvalue weighted by Gasteiger charge is -2.15. The van der Waals surface area contributed by atoms with Gasteiger partial charge in [-0.3, -0.25) is 0 Å². The summed E-state index contributed by atoms with van der Waals surface area (Å²) in [6, 6.07) is 0. The highest BCUT2D eigenvalue weighted by molar-refractivity contribution is 5.85. The molecule has 0 bridgehead atoms. The summed E-state index contributed by atoms with van der Waals surface area (Å²) in [7, 11) is 0. The van der Waals surface area contributed by atoms with Crippen molar-refractivity contribution in [3.63, 3.8) is 0 Å². The third-order valence-corrected chi connectivity index (χ3v) is 5.03. The summed E-state index contributed by atoms with van der Waals surface area (Å²) < 4.78 is 0. The molecule has 2 heteroatoms. The Kier molecular flexibility index (Phi) is 16.5. The molecule has 0 fully saturated rings. The highest BCUT2D eigenvalue weighted by atomic mass is 16.4. The molecule has 0 amide bonds. The van der Waals surface area contributed by atoms with Crippen LogP contribution < -0.4 is 0 Å². The quantitative estimate of drug-likeness (QED) is 0.220. The van der Waals surface area contributed by atoms with Crippen LogP contribution in [0.3, 0.4) is 0 Å². The summed E-state index contributed by atoms with van der Waals surface area (Å²) in [6.45, 7) is 6.23. The Labute approximate surface area is 151 Å². The van der Waals surface area contributed by atoms with Crippen LogP contribution in [-0.2, 0) is 4.79 Å². The average molecular weight is 339 g/mol. The van der Waals surface area contributed by atoms with Crippen molar-refractivity contribution in [3.8, 4) is 0 Å². The molecule has 0 atom stereocenters. The zero-order chi connectivity index (χ0) is 18.0. The van der Waals surface area contributed by atoms with Gasteiger partial charge in [0.05, 0.1) is 0 Å². The van der Waals surface area contributed by atoms with Gasteiger partial charge >= 0.3 is 5.97 Å². The molecule has 142 valence electrons. The molecular formula is C22H42O2. The van der Waals surface area contributed by atoms with E-state index in [-0.39, 0.29) is 0 Å². The minimum Gasteiger partial charge on any atom is -0.478 e. The third kappa shape index (κ3) is 14.8. The smallest absolute Gasteiger partial charge is 0.330 e. The van der Waals surface area contributed by atoms with E-state index in [1.165, 1.54) is 89.9 Å². The standard InChI is InChI=1S/C22H42O2/c1-4-6-8-10-12-14-16-21(19-18-20(3)22(23)24)17-15-13-11-9-7-5-2/h18,21H,4-17,19H2,1-3H3,(H,23,24).